The Kier molecular flexibility index (Phi) is 6.61. The van der Waals surface area contributed by atoms with Crippen molar-refractivity contribution in [3.8, 4) is 11.1 Å². The van der Waals surface area contributed by atoms with Crippen LogP contribution in [-0.4, -0.2) is 27.2 Å². The molecule has 0 aliphatic carbocycles. The van der Waals surface area contributed by atoms with Crippen LogP contribution in [0.25, 0.3) is 38.5 Å². The first-order chi connectivity index (χ1) is 18.4. The number of imidazole rings is 1. The minimum atomic E-state index is -5.67. The Morgan fingerprint density at radius 2 is 1.54 bits per heavy atom. The van der Waals surface area contributed by atoms with Gasteiger partial charge in [-0.15, -0.1) is 11.3 Å². The van der Waals surface area contributed by atoms with E-state index in [0.717, 1.165) is 23.3 Å². The van der Waals surface area contributed by atoms with E-state index in [1.54, 1.807) is 55.5 Å². The van der Waals surface area contributed by atoms with Gasteiger partial charge >= 0.3 is 17.8 Å². The smallest absolute Gasteiger partial charge is 0.299 e. The number of nitrogens with zero attached hydrogens (tertiary/aromatic N) is 2. The molecule has 0 fully saturated rings. The monoisotopic (exact) mass is 558 g/mol. The molecule has 0 bridgehead atoms. The van der Waals surface area contributed by atoms with E-state index in [9.17, 15) is 8.78 Å². The van der Waals surface area contributed by atoms with E-state index >= 15 is 17.6 Å². The van der Waals surface area contributed by atoms with Crippen LogP contribution >= 0.6 is 11.3 Å². The third kappa shape index (κ3) is 4.33. The second-order valence-electron chi connectivity index (χ2n) is 9.39. The van der Waals surface area contributed by atoms with Gasteiger partial charge in [-0.2, -0.15) is 26.3 Å². The first-order valence-corrected chi connectivity index (χ1v) is 13.1. The van der Waals surface area contributed by atoms with Crippen LogP contribution in [0.1, 0.15) is 35.2 Å². The van der Waals surface area contributed by atoms with Crippen molar-refractivity contribution in [2.75, 3.05) is 0 Å². The Morgan fingerprint density at radius 3 is 2.23 bits per heavy atom. The van der Waals surface area contributed by atoms with Crippen LogP contribution in [0.2, 0.25) is 0 Å². The van der Waals surface area contributed by atoms with Crippen molar-refractivity contribution >= 4 is 38.7 Å². The van der Waals surface area contributed by atoms with Crippen molar-refractivity contribution in [2.24, 2.45) is 0 Å². The number of halogens is 6. The van der Waals surface area contributed by atoms with Gasteiger partial charge in [0, 0.05) is 22.2 Å². The third-order valence-electron chi connectivity index (χ3n) is 6.90. The molecule has 2 nitrogen and oxygen atoms in total. The number of benzene rings is 2. The zero-order valence-electron chi connectivity index (χ0n) is 21.3. The molecule has 0 aliphatic rings. The molecule has 0 unspecified atom stereocenters. The molecular formula is C30H24F6N2S. The van der Waals surface area contributed by atoms with Crippen LogP contribution in [0.3, 0.4) is 0 Å². The van der Waals surface area contributed by atoms with Crippen LogP contribution in [0.15, 0.2) is 72.9 Å². The molecule has 39 heavy (non-hydrogen) atoms. The number of alkyl halides is 6. The Hall–Kier alpha value is -3.59. The average Bonchev–Trinajstić information content (AvgIpc) is 3.41. The fourth-order valence-corrected chi connectivity index (χ4v) is 5.77. The summed E-state index contributed by atoms with van der Waals surface area (Å²) in [4.78, 5) is 4.91. The predicted octanol–water partition coefficient (Wildman–Crippen LogP) is 9.69. The maximum atomic E-state index is 16.0. The van der Waals surface area contributed by atoms with Gasteiger partial charge in [-0.05, 0) is 60.2 Å². The minimum absolute atomic E-state index is 0.0129. The Balaban J connectivity index is 1.84. The molecule has 0 saturated heterocycles. The van der Waals surface area contributed by atoms with Gasteiger partial charge in [-0.3, -0.25) is 4.40 Å². The first-order valence-electron chi connectivity index (χ1n) is 12.3. The molecule has 2 aromatic carbocycles. The van der Waals surface area contributed by atoms with Crippen molar-refractivity contribution in [3.05, 3.63) is 94.8 Å². The summed E-state index contributed by atoms with van der Waals surface area (Å²) in [6, 6.07) is 19.3. The minimum Gasteiger partial charge on any atom is -0.299 e. The van der Waals surface area contributed by atoms with Gasteiger partial charge < -0.3 is 0 Å². The van der Waals surface area contributed by atoms with Gasteiger partial charge in [-0.25, -0.2) is 4.98 Å². The average molecular weight is 559 g/mol. The fourth-order valence-electron chi connectivity index (χ4n) is 4.73. The summed E-state index contributed by atoms with van der Waals surface area (Å²) >= 11 is 1.31. The van der Waals surface area contributed by atoms with E-state index in [-0.39, 0.29) is 22.6 Å². The summed E-state index contributed by atoms with van der Waals surface area (Å²) in [5.74, 6) is -15.9. The van der Waals surface area contributed by atoms with Crippen LogP contribution in [0.5, 0.6) is 0 Å². The zero-order chi connectivity index (χ0) is 28.2. The molecule has 202 valence electrons. The number of thiophene rings is 1. The van der Waals surface area contributed by atoms with Crippen LogP contribution in [0, 0.1) is 13.8 Å². The van der Waals surface area contributed by atoms with E-state index < -0.39 is 29.8 Å². The van der Waals surface area contributed by atoms with E-state index in [0.29, 0.717) is 15.8 Å². The molecule has 5 aromatic rings. The highest BCUT2D eigenvalue weighted by molar-refractivity contribution is 7.19. The molecule has 0 radical (unpaired) electrons. The number of rotatable bonds is 7. The Bertz CT molecular complexity index is 1700. The van der Waals surface area contributed by atoms with Gasteiger partial charge in [0.25, 0.3) is 0 Å². The summed E-state index contributed by atoms with van der Waals surface area (Å²) in [5.41, 5.74) is 0.315. The second kappa shape index (κ2) is 9.55. The predicted molar refractivity (Wildman–Crippen MR) is 145 cm³/mol. The number of aryl methyl sites for hydroxylation is 2. The normalized spacial score (nSPS) is 13.5. The molecule has 0 saturated carbocycles. The maximum absolute atomic E-state index is 16.0. The van der Waals surface area contributed by atoms with Gasteiger partial charge in [0.15, 0.2) is 0 Å². The Morgan fingerprint density at radius 1 is 0.872 bits per heavy atom. The van der Waals surface area contributed by atoms with Crippen molar-refractivity contribution in [1.29, 1.82) is 0 Å². The highest BCUT2D eigenvalue weighted by atomic mass is 32.1. The number of fused-ring (bicyclic) bond motifs is 2. The van der Waals surface area contributed by atoms with E-state index in [1.807, 2.05) is 18.2 Å². The molecule has 0 N–H and O–H groups in total. The van der Waals surface area contributed by atoms with Crippen molar-refractivity contribution in [3.63, 3.8) is 0 Å². The number of hydrogen-bond donors (Lipinski definition) is 0. The summed E-state index contributed by atoms with van der Waals surface area (Å²) in [7, 11) is 0. The number of allylic oxidation sites excluding steroid dienone is 1. The van der Waals surface area contributed by atoms with Crippen molar-refractivity contribution in [2.45, 2.75) is 45.0 Å². The molecule has 0 atom stereocenters. The van der Waals surface area contributed by atoms with Crippen LogP contribution < -0.4 is 0 Å². The maximum Gasteiger partial charge on any atom is 0.376 e. The molecule has 0 amide bonds. The molecule has 3 aromatic heterocycles. The highest BCUT2D eigenvalue weighted by Gasteiger charge is 2.72. The number of aromatic nitrogens is 2. The summed E-state index contributed by atoms with van der Waals surface area (Å²) in [6.45, 7) is 3.85. The van der Waals surface area contributed by atoms with Crippen molar-refractivity contribution < 1.29 is 26.3 Å². The SMILES string of the molecule is CCC(F)(F)C(F)(F)C(F)(F)/C(=C\c1c(C)sc2ccccc12)c1c(C)nc2ccc(-c3ccccc3)cn12. The van der Waals surface area contributed by atoms with Gasteiger partial charge in [0.2, 0.25) is 0 Å². The number of pyridine rings is 1. The third-order valence-corrected chi connectivity index (χ3v) is 8.00. The molecule has 0 spiro atoms. The Labute approximate surface area is 225 Å². The summed E-state index contributed by atoms with van der Waals surface area (Å²) in [6.07, 6.45) is 0.992. The van der Waals surface area contributed by atoms with Gasteiger partial charge in [0.05, 0.1) is 17.0 Å². The molecule has 5 rings (SSSR count). The highest BCUT2D eigenvalue weighted by Crippen LogP contribution is 2.54. The topological polar surface area (TPSA) is 17.3 Å². The molecule has 3 heterocycles. The largest absolute Gasteiger partial charge is 0.376 e. The lowest BCUT2D eigenvalue weighted by Crippen LogP contribution is -2.54. The quantitative estimate of drug-likeness (QED) is 0.182. The zero-order valence-corrected chi connectivity index (χ0v) is 22.1. The first kappa shape index (κ1) is 27.0. The standard InChI is InChI=1S/C30H24F6N2S/c1-4-28(31,32)30(35,36)29(33,34)24(16-23-19(3)39-25-13-9-8-12-22(23)25)27-18(2)37-26-15-14-21(17-38(26)27)20-10-6-5-7-11-20/h5-17H,4H2,1-3H3/b24-16-. The van der Waals surface area contributed by atoms with Gasteiger partial charge in [-0.1, -0.05) is 55.5 Å². The second-order valence-corrected chi connectivity index (χ2v) is 10.6. The number of hydrogen-bond acceptors (Lipinski definition) is 2. The van der Waals surface area contributed by atoms with Crippen LogP contribution in [0.4, 0.5) is 26.3 Å². The lowest BCUT2D eigenvalue weighted by molar-refractivity contribution is -0.288. The molecular weight excluding hydrogens is 534 g/mol. The van der Waals surface area contributed by atoms with Crippen LogP contribution in [-0.2, 0) is 0 Å². The molecule has 0 aliphatic heterocycles. The van der Waals surface area contributed by atoms with Gasteiger partial charge in [0.1, 0.15) is 5.65 Å². The summed E-state index contributed by atoms with van der Waals surface area (Å²) in [5, 5.41) is 0.565. The summed E-state index contributed by atoms with van der Waals surface area (Å²) < 4.78 is 93.4. The fraction of sp³-hybridized carbons (Fsp3) is 0.233. The van der Waals surface area contributed by atoms with Crippen molar-refractivity contribution in [1.82, 2.24) is 9.38 Å². The molecule has 9 heteroatoms. The lowest BCUT2D eigenvalue weighted by atomic mass is 9.91. The van der Waals surface area contributed by atoms with E-state index in [4.69, 9.17) is 0 Å². The lowest BCUT2D eigenvalue weighted by Gasteiger charge is -2.34. The van der Waals surface area contributed by atoms with E-state index in [2.05, 4.69) is 4.98 Å². The van der Waals surface area contributed by atoms with E-state index in [1.165, 1.54) is 28.9 Å².